The van der Waals surface area contributed by atoms with E-state index in [-0.39, 0.29) is 3.87 Å². The first kappa shape index (κ1) is 12.5. The van der Waals surface area contributed by atoms with Gasteiger partial charge in [0, 0.05) is 0 Å². The predicted octanol–water partition coefficient (Wildman–Crippen LogP) is 2.49. The van der Waals surface area contributed by atoms with Gasteiger partial charge in [0.15, 0.2) is 0 Å². The average Bonchev–Trinajstić information content (AvgIpc) is 2.82. The summed E-state index contributed by atoms with van der Waals surface area (Å²) in [6, 6.07) is 5.31. The molecular weight excluding hydrogens is 256 g/mol. The molecule has 1 nitrogen and oxygen atoms in total. The molecule has 1 aromatic carbocycles. The van der Waals surface area contributed by atoms with Gasteiger partial charge in [-0.05, 0) is 0 Å². The van der Waals surface area contributed by atoms with Crippen LogP contribution in [0.15, 0.2) is 30.6 Å². The van der Waals surface area contributed by atoms with Crippen molar-refractivity contribution >= 4 is 3.87 Å². The summed E-state index contributed by atoms with van der Waals surface area (Å²) in [6.07, 6.45) is 4.51. The minimum absolute atomic E-state index is 0.104. The number of nitrogens with zero attached hydrogens (tertiary/aromatic N) is 1. The Balaban J connectivity index is 2.22. The summed E-state index contributed by atoms with van der Waals surface area (Å²) in [5.74, 6) is -0.886. The van der Waals surface area contributed by atoms with Crippen molar-refractivity contribution in [1.29, 1.82) is 0 Å². The summed E-state index contributed by atoms with van der Waals surface area (Å²) in [4.78, 5) is 0. The first-order valence-corrected chi connectivity index (χ1v) is 6.17. The number of hydrogen-bond acceptors (Lipinski definition) is 0. The summed E-state index contributed by atoms with van der Waals surface area (Å²) >= 11 is 1.47. The Bertz CT molecular complexity index is 521. The van der Waals surface area contributed by atoms with E-state index in [1.807, 2.05) is 29.1 Å². The van der Waals surface area contributed by atoms with Gasteiger partial charge in [-0.15, -0.1) is 0 Å². The molecule has 4 heteroatoms. The molecule has 0 saturated carbocycles. The van der Waals surface area contributed by atoms with Crippen molar-refractivity contribution in [2.75, 3.05) is 0 Å². The molecule has 87 valence electrons. The minimum atomic E-state index is -0.462. The van der Waals surface area contributed by atoms with Crippen molar-refractivity contribution in [3.8, 4) is 0 Å². The van der Waals surface area contributed by atoms with Gasteiger partial charge in [-0.1, -0.05) is 0 Å². The molecule has 0 spiro atoms. The number of halogens is 2. The van der Waals surface area contributed by atoms with Crippen molar-refractivity contribution in [1.82, 2.24) is 4.57 Å². The van der Waals surface area contributed by atoms with Crippen LogP contribution in [-0.4, -0.2) is 4.57 Å². The summed E-state index contributed by atoms with van der Waals surface area (Å²) in [6.45, 7) is 2.43. The number of hydrogen-bond donors (Lipinski definition) is 0. The number of rotatable bonds is 3. The van der Waals surface area contributed by atoms with Crippen LogP contribution in [-0.2, 0) is 33.4 Å². The molecule has 0 atom stereocenters. The normalized spacial score (nSPS) is 10.7. The zero-order valence-corrected chi connectivity index (χ0v) is 11.1. The van der Waals surface area contributed by atoms with Gasteiger partial charge in [0.1, 0.15) is 0 Å². The molecule has 0 amide bonds. The van der Waals surface area contributed by atoms with Crippen LogP contribution in [0, 0.1) is 18.6 Å². The summed E-state index contributed by atoms with van der Waals surface area (Å²) < 4.78 is 29.2. The third-order valence-electron chi connectivity index (χ3n) is 2.88. The zero-order valence-electron chi connectivity index (χ0n) is 9.50. The van der Waals surface area contributed by atoms with Crippen LogP contribution in [0.1, 0.15) is 11.1 Å². The van der Waals surface area contributed by atoms with E-state index in [2.05, 4.69) is 0 Å². The average molecular weight is 268 g/mol. The van der Waals surface area contributed by atoms with Crippen molar-refractivity contribution in [2.24, 2.45) is 0 Å². The van der Waals surface area contributed by atoms with Gasteiger partial charge in [-0.3, -0.25) is 0 Å². The molecule has 0 saturated heterocycles. The third kappa shape index (κ3) is 2.67. The van der Waals surface area contributed by atoms with Crippen molar-refractivity contribution in [3.63, 3.8) is 0 Å². The second-order valence-electron chi connectivity index (χ2n) is 4.00. The molecule has 0 N–H and O–H groups in total. The van der Waals surface area contributed by atoms with E-state index in [0.29, 0.717) is 12.0 Å². The molecule has 0 bridgehead atoms. The van der Waals surface area contributed by atoms with Crippen molar-refractivity contribution in [3.05, 3.63) is 53.4 Å². The quantitative estimate of drug-likeness (QED) is 0.754. The Labute approximate surface area is 111 Å². The van der Waals surface area contributed by atoms with Crippen LogP contribution in [0.25, 0.3) is 0 Å². The summed E-state index contributed by atoms with van der Waals surface area (Å²) in [5, 5.41) is 0. The molecule has 2 rings (SSSR count). The second-order valence-corrected chi connectivity index (χ2v) is 4.78. The second kappa shape index (κ2) is 5.15. The van der Waals surface area contributed by atoms with Gasteiger partial charge in [0.05, 0.1) is 0 Å². The van der Waals surface area contributed by atoms with Gasteiger partial charge in [-0.25, -0.2) is 0 Å². The maximum atomic E-state index is 13.7. The van der Waals surface area contributed by atoms with E-state index in [1.165, 1.54) is 26.5 Å². The van der Waals surface area contributed by atoms with Crippen LogP contribution in [0.2, 0.25) is 0 Å². The van der Waals surface area contributed by atoms with Crippen molar-refractivity contribution < 1.29 is 29.2 Å². The number of aromatic nitrogens is 1. The van der Waals surface area contributed by atoms with E-state index in [4.69, 9.17) is 0 Å². The first-order chi connectivity index (χ1) is 8.09. The van der Waals surface area contributed by atoms with Gasteiger partial charge in [-0.2, -0.15) is 0 Å². The third-order valence-corrected chi connectivity index (χ3v) is 3.59. The fourth-order valence-corrected chi connectivity index (χ4v) is 2.20. The molecule has 1 aromatic heterocycles. The van der Waals surface area contributed by atoms with E-state index in [9.17, 15) is 8.78 Å². The summed E-state index contributed by atoms with van der Waals surface area (Å²) in [5.41, 5.74) is 1.29. The van der Waals surface area contributed by atoms with Crippen LogP contribution < -0.4 is 3.87 Å². The zero-order chi connectivity index (χ0) is 12.4. The number of benzene rings is 1. The van der Waals surface area contributed by atoms with Gasteiger partial charge < -0.3 is 0 Å². The molecule has 0 radical (unpaired) electrons. The van der Waals surface area contributed by atoms with Crippen LogP contribution in [0.3, 0.4) is 0 Å². The molecule has 0 fully saturated rings. The van der Waals surface area contributed by atoms with Crippen LogP contribution in [0.5, 0.6) is 0 Å². The van der Waals surface area contributed by atoms with E-state index >= 15 is 0 Å². The standard InChI is InChI=1S/C13H12F2N.Ti/c1-10-11(8-12(14)9-13(10)15)4-7-16-5-2-3-6-16;/h2-3,5-6,8H,4,7H2,1H3;. The molecule has 0 aliphatic rings. The molecule has 0 aliphatic heterocycles. The van der Waals surface area contributed by atoms with E-state index in [1.54, 1.807) is 6.92 Å². The molecule has 0 unspecified atom stereocenters. The molecule has 0 aliphatic carbocycles. The van der Waals surface area contributed by atoms with Crippen LogP contribution >= 0.6 is 0 Å². The summed E-state index contributed by atoms with van der Waals surface area (Å²) in [7, 11) is 0. The number of aryl methyl sites for hydroxylation is 2. The van der Waals surface area contributed by atoms with Gasteiger partial charge in [0.2, 0.25) is 0 Å². The molecule has 2 aromatic rings. The topological polar surface area (TPSA) is 4.93 Å². The van der Waals surface area contributed by atoms with Gasteiger partial charge >= 0.3 is 111 Å². The van der Waals surface area contributed by atoms with E-state index < -0.39 is 11.6 Å². The SMILES string of the molecule is Cc1c(CCn2cccc2)cc(F)[c]([Ti])c1F. The molecular formula is C13H12F2NTi. The fraction of sp³-hybridized carbons (Fsp3) is 0.231. The Kier molecular flexibility index (Phi) is 3.80. The Morgan fingerprint density at radius 1 is 1.24 bits per heavy atom. The fourth-order valence-electron chi connectivity index (χ4n) is 1.80. The first-order valence-electron chi connectivity index (χ1n) is 5.39. The Morgan fingerprint density at radius 3 is 2.53 bits per heavy atom. The van der Waals surface area contributed by atoms with Gasteiger partial charge in [0.25, 0.3) is 0 Å². The maximum absolute atomic E-state index is 13.7. The monoisotopic (exact) mass is 268 g/mol. The van der Waals surface area contributed by atoms with Crippen LogP contribution in [0.4, 0.5) is 8.78 Å². The molecule has 17 heavy (non-hydrogen) atoms. The van der Waals surface area contributed by atoms with E-state index in [0.717, 1.165) is 12.1 Å². The Morgan fingerprint density at radius 2 is 1.88 bits per heavy atom. The predicted molar refractivity (Wildman–Crippen MR) is 58.9 cm³/mol. The Hall–Kier alpha value is -0.926. The molecule has 1 heterocycles. The van der Waals surface area contributed by atoms with Crippen molar-refractivity contribution in [2.45, 2.75) is 19.9 Å².